The van der Waals surface area contributed by atoms with Gasteiger partial charge in [0.1, 0.15) is 0 Å². The summed E-state index contributed by atoms with van der Waals surface area (Å²) in [5, 5.41) is 0. The minimum atomic E-state index is -3.81. The van der Waals surface area contributed by atoms with Gasteiger partial charge >= 0.3 is 4.87 Å². The molecule has 0 bridgehead atoms. The second kappa shape index (κ2) is 4.98. The summed E-state index contributed by atoms with van der Waals surface area (Å²) in [4.78, 5) is 25.4. The van der Waals surface area contributed by atoms with E-state index in [1.165, 1.54) is 25.9 Å². The topological polar surface area (TPSA) is 99.3 Å². The van der Waals surface area contributed by atoms with Gasteiger partial charge in [0.05, 0.1) is 6.54 Å². The van der Waals surface area contributed by atoms with E-state index in [2.05, 4.69) is 9.71 Å². The monoisotopic (exact) mass is 279 g/mol. The molecule has 7 nitrogen and oxygen atoms in total. The largest absolute Gasteiger partial charge is 0.348 e. The molecule has 1 amide bonds. The minimum absolute atomic E-state index is 0.0888. The zero-order valence-electron chi connectivity index (χ0n) is 9.60. The Bertz CT molecular complexity index is 570. The van der Waals surface area contributed by atoms with Crippen LogP contribution in [-0.2, 0) is 14.8 Å². The second-order valence-corrected chi connectivity index (χ2v) is 6.49. The molecule has 0 spiro atoms. The Morgan fingerprint density at radius 2 is 2.06 bits per heavy atom. The normalized spacial score (nSPS) is 11.5. The molecule has 0 saturated heterocycles. The molecule has 0 aliphatic rings. The zero-order valence-corrected chi connectivity index (χ0v) is 11.2. The molecule has 0 aromatic carbocycles. The van der Waals surface area contributed by atoms with Crippen molar-refractivity contribution in [3.05, 3.63) is 15.4 Å². The van der Waals surface area contributed by atoms with Crippen LogP contribution < -0.4 is 9.60 Å². The third kappa shape index (κ3) is 3.38. The minimum Gasteiger partial charge on any atom is -0.348 e. The van der Waals surface area contributed by atoms with E-state index in [1.807, 2.05) is 0 Å². The predicted octanol–water partition coefficient (Wildman–Crippen LogP) is -0.889. The van der Waals surface area contributed by atoms with Gasteiger partial charge in [0.25, 0.3) is 10.0 Å². The fourth-order valence-electron chi connectivity index (χ4n) is 1.03. The van der Waals surface area contributed by atoms with Gasteiger partial charge in [-0.2, -0.15) is 0 Å². The molecule has 0 radical (unpaired) electrons. The lowest BCUT2D eigenvalue weighted by atomic mass is 10.6. The quantitative estimate of drug-likeness (QED) is 0.747. The molecule has 1 aromatic rings. The fourth-order valence-corrected chi connectivity index (χ4v) is 3.35. The number of thiazole rings is 1. The number of nitrogens with zero attached hydrogens (tertiary/aromatic N) is 1. The maximum atomic E-state index is 11.8. The van der Waals surface area contributed by atoms with Crippen LogP contribution in [0.15, 0.2) is 9.00 Å². The average Bonchev–Trinajstić information content (AvgIpc) is 2.55. The predicted molar refractivity (Wildman–Crippen MR) is 63.6 cm³/mol. The number of rotatable bonds is 4. The lowest BCUT2D eigenvalue weighted by Crippen LogP contribution is -2.36. The van der Waals surface area contributed by atoms with Gasteiger partial charge in [0.15, 0.2) is 4.21 Å². The SMILES string of the molecule is Cc1[nH]c(=O)sc1S(=O)(=O)NCC(=O)N(C)C. The number of nitrogens with one attached hydrogen (secondary N) is 2. The van der Waals surface area contributed by atoms with E-state index in [0.29, 0.717) is 11.3 Å². The Morgan fingerprint density at radius 3 is 2.47 bits per heavy atom. The van der Waals surface area contributed by atoms with Crippen LogP contribution in [-0.4, -0.2) is 44.8 Å². The van der Waals surface area contributed by atoms with E-state index in [4.69, 9.17) is 0 Å². The smallest absolute Gasteiger partial charge is 0.305 e. The van der Waals surface area contributed by atoms with Gasteiger partial charge in [-0.25, -0.2) is 13.1 Å². The van der Waals surface area contributed by atoms with Gasteiger partial charge < -0.3 is 9.88 Å². The fraction of sp³-hybridized carbons (Fsp3) is 0.500. The van der Waals surface area contributed by atoms with Crippen molar-refractivity contribution in [3.8, 4) is 0 Å². The van der Waals surface area contributed by atoms with Crippen LogP contribution in [0.2, 0.25) is 0 Å². The Kier molecular flexibility index (Phi) is 4.07. The summed E-state index contributed by atoms with van der Waals surface area (Å²) < 4.78 is 25.6. The number of amides is 1. The van der Waals surface area contributed by atoms with Gasteiger partial charge in [-0.3, -0.25) is 9.59 Å². The highest BCUT2D eigenvalue weighted by Gasteiger charge is 2.21. The average molecular weight is 279 g/mol. The van der Waals surface area contributed by atoms with E-state index in [1.54, 1.807) is 0 Å². The highest BCUT2D eigenvalue weighted by Crippen LogP contribution is 2.14. The van der Waals surface area contributed by atoms with E-state index in [0.717, 1.165) is 0 Å². The van der Waals surface area contributed by atoms with Crippen molar-refractivity contribution < 1.29 is 13.2 Å². The van der Waals surface area contributed by atoms with Crippen LogP contribution >= 0.6 is 11.3 Å². The van der Waals surface area contributed by atoms with Crippen molar-refractivity contribution in [1.82, 2.24) is 14.6 Å². The molecule has 9 heteroatoms. The van der Waals surface area contributed by atoms with Crippen molar-refractivity contribution in [2.24, 2.45) is 0 Å². The lowest BCUT2D eigenvalue weighted by molar-refractivity contribution is -0.127. The number of aromatic amines is 1. The molecular weight excluding hydrogens is 266 g/mol. The molecule has 2 N–H and O–H groups in total. The van der Waals surface area contributed by atoms with Gasteiger partial charge in [0, 0.05) is 19.8 Å². The lowest BCUT2D eigenvalue weighted by Gasteiger charge is -2.10. The van der Waals surface area contributed by atoms with Crippen LogP contribution in [0.25, 0.3) is 0 Å². The number of sulfonamides is 1. The molecule has 1 aromatic heterocycles. The van der Waals surface area contributed by atoms with Crippen molar-refractivity contribution in [2.75, 3.05) is 20.6 Å². The standard InChI is InChI=1S/C8H13N3O4S2/c1-5-7(16-8(13)10-5)17(14,15)9-4-6(12)11(2)3/h9H,4H2,1-3H3,(H,10,13). The first-order valence-electron chi connectivity index (χ1n) is 4.63. The number of aryl methyl sites for hydroxylation is 1. The highest BCUT2D eigenvalue weighted by molar-refractivity contribution is 7.91. The molecule has 96 valence electrons. The van der Waals surface area contributed by atoms with Crippen LogP contribution in [0.5, 0.6) is 0 Å². The second-order valence-electron chi connectivity index (χ2n) is 3.54. The maximum Gasteiger partial charge on any atom is 0.305 e. The number of carbonyl (C=O) groups is 1. The summed E-state index contributed by atoms with van der Waals surface area (Å²) in [6.07, 6.45) is 0. The molecule has 1 heterocycles. The molecule has 0 aliphatic heterocycles. The third-order valence-electron chi connectivity index (χ3n) is 1.94. The molecule has 0 fully saturated rings. The number of hydrogen-bond acceptors (Lipinski definition) is 5. The summed E-state index contributed by atoms with van der Waals surface area (Å²) >= 11 is 0.595. The number of aromatic nitrogens is 1. The van der Waals surface area contributed by atoms with Gasteiger partial charge in [-0.15, -0.1) is 0 Å². The number of carbonyl (C=O) groups excluding carboxylic acids is 1. The van der Waals surface area contributed by atoms with E-state index in [-0.39, 0.29) is 22.4 Å². The van der Waals surface area contributed by atoms with Gasteiger partial charge in [-0.1, -0.05) is 11.3 Å². The number of hydrogen-bond donors (Lipinski definition) is 2. The van der Waals surface area contributed by atoms with Crippen molar-refractivity contribution >= 4 is 27.3 Å². The summed E-state index contributed by atoms with van der Waals surface area (Å²) in [7, 11) is -0.760. The summed E-state index contributed by atoms with van der Waals surface area (Å²) in [5.41, 5.74) is 0.268. The maximum absolute atomic E-state index is 11.8. The Balaban J connectivity index is 2.87. The van der Waals surface area contributed by atoms with E-state index < -0.39 is 14.9 Å². The first-order valence-corrected chi connectivity index (χ1v) is 6.93. The first kappa shape index (κ1) is 13.9. The molecular formula is C8H13N3O4S2. The highest BCUT2D eigenvalue weighted by atomic mass is 32.2. The molecule has 0 unspecified atom stereocenters. The summed E-state index contributed by atoms with van der Waals surface area (Å²) in [5.74, 6) is -0.367. The van der Waals surface area contributed by atoms with Crippen molar-refractivity contribution in [3.63, 3.8) is 0 Å². The molecule has 0 atom stereocenters. The Hall–Kier alpha value is -1.19. The van der Waals surface area contributed by atoms with Crippen molar-refractivity contribution in [2.45, 2.75) is 11.1 Å². The van der Waals surface area contributed by atoms with Gasteiger partial charge in [-0.05, 0) is 6.92 Å². The Labute approximate surface area is 103 Å². The van der Waals surface area contributed by atoms with Crippen LogP contribution in [0.4, 0.5) is 0 Å². The number of H-pyrrole nitrogens is 1. The number of likely N-dealkylation sites (N-methyl/N-ethyl adjacent to an activating group) is 1. The van der Waals surface area contributed by atoms with Crippen LogP contribution in [0, 0.1) is 6.92 Å². The van der Waals surface area contributed by atoms with Crippen molar-refractivity contribution in [1.29, 1.82) is 0 Å². The summed E-state index contributed by atoms with van der Waals surface area (Å²) in [6, 6.07) is 0. The molecule has 1 rings (SSSR count). The van der Waals surface area contributed by atoms with E-state index >= 15 is 0 Å². The molecule has 17 heavy (non-hydrogen) atoms. The zero-order chi connectivity index (χ0) is 13.2. The van der Waals surface area contributed by atoms with Crippen LogP contribution in [0.1, 0.15) is 5.69 Å². The third-order valence-corrected chi connectivity index (χ3v) is 4.94. The van der Waals surface area contributed by atoms with Gasteiger partial charge in [0.2, 0.25) is 5.91 Å². The Morgan fingerprint density at radius 1 is 1.47 bits per heavy atom. The van der Waals surface area contributed by atoms with Crippen LogP contribution in [0.3, 0.4) is 0 Å². The molecule has 0 aliphatic carbocycles. The first-order chi connectivity index (χ1) is 7.74. The summed E-state index contributed by atoms with van der Waals surface area (Å²) in [6.45, 7) is 1.15. The molecule has 0 saturated carbocycles. The van der Waals surface area contributed by atoms with E-state index in [9.17, 15) is 18.0 Å².